The Morgan fingerprint density at radius 1 is 1.15 bits per heavy atom. The van der Waals surface area contributed by atoms with Crippen LogP contribution in [0.1, 0.15) is 12.0 Å². The minimum absolute atomic E-state index is 0.633. The maximum absolute atomic E-state index is 4.98. The van der Waals surface area contributed by atoms with Gasteiger partial charge in [0.2, 0.25) is 0 Å². The highest BCUT2D eigenvalue weighted by Crippen LogP contribution is 2.32. The van der Waals surface area contributed by atoms with E-state index in [9.17, 15) is 0 Å². The summed E-state index contributed by atoms with van der Waals surface area (Å²) in [6.45, 7) is 2.07. The summed E-state index contributed by atoms with van der Waals surface area (Å²) in [6.07, 6.45) is 6.36. The van der Waals surface area contributed by atoms with Crippen molar-refractivity contribution in [1.29, 1.82) is 0 Å². The van der Waals surface area contributed by atoms with E-state index in [4.69, 9.17) is 9.97 Å². The van der Waals surface area contributed by atoms with Crippen LogP contribution in [0.25, 0.3) is 21.6 Å². The Kier molecular flexibility index (Phi) is 4.13. The van der Waals surface area contributed by atoms with Gasteiger partial charge >= 0.3 is 0 Å². The fraction of sp³-hybridized carbons (Fsp3) is 0.286. The van der Waals surface area contributed by atoms with Gasteiger partial charge in [0.05, 0.1) is 16.6 Å². The Morgan fingerprint density at radius 2 is 2.07 bits per heavy atom. The van der Waals surface area contributed by atoms with Crippen LogP contribution >= 0.6 is 11.3 Å². The highest BCUT2D eigenvalue weighted by Gasteiger charge is 2.26. The van der Waals surface area contributed by atoms with E-state index in [1.807, 2.05) is 24.0 Å². The predicted octanol–water partition coefficient (Wildman–Crippen LogP) is 4.16. The molecule has 1 aromatic carbocycles. The molecule has 5 rings (SSSR count). The molecule has 0 radical (unpaired) electrons. The lowest BCUT2D eigenvalue weighted by Gasteiger charge is -2.20. The average Bonchev–Trinajstić information content (AvgIpc) is 3.43. The molecule has 4 aromatic rings. The van der Waals surface area contributed by atoms with Crippen molar-refractivity contribution in [3.05, 3.63) is 59.7 Å². The fourth-order valence-corrected chi connectivity index (χ4v) is 4.58. The monoisotopic (exact) mass is 375 g/mol. The second-order valence-electron chi connectivity index (χ2n) is 7.19. The summed E-state index contributed by atoms with van der Waals surface area (Å²) in [7, 11) is 1.98. The van der Waals surface area contributed by atoms with Crippen molar-refractivity contribution in [3.8, 4) is 10.7 Å². The Balaban J connectivity index is 1.47. The molecule has 6 heteroatoms. The molecule has 0 bridgehead atoms. The summed E-state index contributed by atoms with van der Waals surface area (Å²) in [6, 6.07) is 12.5. The molecule has 1 unspecified atom stereocenters. The van der Waals surface area contributed by atoms with Crippen molar-refractivity contribution in [3.63, 3.8) is 0 Å². The van der Waals surface area contributed by atoms with E-state index >= 15 is 0 Å². The van der Waals surface area contributed by atoms with Crippen LogP contribution in [-0.2, 0) is 13.5 Å². The van der Waals surface area contributed by atoms with Gasteiger partial charge in [0.1, 0.15) is 5.82 Å². The number of para-hydroxylation sites is 1. The lowest BCUT2D eigenvalue weighted by atomic mass is 10.0. The number of aromatic nitrogens is 4. The number of hydrogen-bond acceptors (Lipinski definition) is 5. The average molecular weight is 376 g/mol. The highest BCUT2D eigenvalue weighted by atomic mass is 32.1. The number of thiophene rings is 1. The maximum atomic E-state index is 4.98. The second kappa shape index (κ2) is 6.78. The third-order valence-corrected chi connectivity index (χ3v) is 6.06. The van der Waals surface area contributed by atoms with Gasteiger partial charge in [-0.3, -0.25) is 4.68 Å². The largest absolute Gasteiger partial charge is 0.356 e. The number of rotatable bonds is 4. The van der Waals surface area contributed by atoms with Gasteiger partial charge in [-0.05, 0) is 47.9 Å². The number of fused-ring (bicyclic) bond motifs is 1. The SMILES string of the molecule is Cn1cc(CC2CCN(c3nc(-c4cccs4)nc4ccccc34)C2)cn1. The smallest absolute Gasteiger partial charge is 0.172 e. The molecule has 4 heterocycles. The zero-order chi connectivity index (χ0) is 18.2. The van der Waals surface area contributed by atoms with Crippen LogP contribution in [0.4, 0.5) is 5.82 Å². The minimum atomic E-state index is 0.633. The molecule has 136 valence electrons. The first-order chi connectivity index (χ1) is 13.3. The zero-order valence-corrected chi connectivity index (χ0v) is 16.1. The van der Waals surface area contributed by atoms with Crippen LogP contribution in [0.15, 0.2) is 54.2 Å². The lowest BCUT2D eigenvalue weighted by Crippen LogP contribution is -2.22. The van der Waals surface area contributed by atoms with Crippen molar-refractivity contribution >= 4 is 28.1 Å². The van der Waals surface area contributed by atoms with Crippen LogP contribution in [-0.4, -0.2) is 32.8 Å². The molecule has 1 aliphatic heterocycles. The predicted molar refractivity (Wildman–Crippen MR) is 110 cm³/mol. The molecule has 0 aliphatic carbocycles. The van der Waals surface area contributed by atoms with E-state index in [2.05, 4.69) is 51.9 Å². The molecular weight excluding hydrogens is 354 g/mol. The van der Waals surface area contributed by atoms with Gasteiger partial charge in [0, 0.05) is 31.7 Å². The first-order valence-corrected chi connectivity index (χ1v) is 10.2. The first-order valence-electron chi connectivity index (χ1n) is 9.29. The summed E-state index contributed by atoms with van der Waals surface area (Å²) < 4.78 is 1.88. The third kappa shape index (κ3) is 3.21. The van der Waals surface area contributed by atoms with E-state index in [-0.39, 0.29) is 0 Å². The van der Waals surface area contributed by atoms with Gasteiger partial charge in [-0.25, -0.2) is 9.97 Å². The van der Waals surface area contributed by atoms with Crippen LogP contribution in [0, 0.1) is 5.92 Å². The number of hydrogen-bond donors (Lipinski definition) is 0. The normalized spacial score (nSPS) is 17.1. The number of anilines is 1. The molecule has 27 heavy (non-hydrogen) atoms. The molecule has 1 aliphatic rings. The molecule has 0 spiro atoms. The Morgan fingerprint density at radius 3 is 2.89 bits per heavy atom. The van der Waals surface area contributed by atoms with Gasteiger partial charge in [-0.2, -0.15) is 5.10 Å². The van der Waals surface area contributed by atoms with E-state index < -0.39 is 0 Å². The molecule has 0 saturated carbocycles. The second-order valence-corrected chi connectivity index (χ2v) is 8.14. The fourth-order valence-electron chi connectivity index (χ4n) is 3.92. The number of aryl methyl sites for hydroxylation is 1. The first kappa shape index (κ1) is 16.4. The molecular formula is C21H21N5S. The lowest BCUT2D eigenvalue weighted by molar-refractivity contribution is 0.586. The Hall–Kier alpha value is -2.73. The molecule has 5 nitrogen and oxygen atoms in total. The van der Waals surface area contributed by atoms with Crippen molar-refractivity contribution in [2.24, 2.45) is 13.0 Å². The summed E-state index contributed by atoms with van der Waals surface area (Å²) >= 11 is 1.69. The van der Waals surface area contributed by atoms with E-state index in [0.717, 1.165) is 46.9 Å². The van der Waals surface area contributed by atoms with Gasteiger partial charge < -0.3 is 4.90 Å². The summed E-state index contributed by atoms with van der Waals surface area (Å²) in [5.74, 6) is 2.53. The van der Waals surface area contributed by atoms with E-state index in [1.54, 1.807) is 11.3 Å². The molecule has 1 atom stereocenters. The summed E-state index contributed by atoms with van der Waals surface area (Å²) in [4.78, 5) is 13.3. The number of nitrogens with zero attached hydrogens (tertiary/aromatic N) is 5. The molecule has 3 aromatic heterocycles. The van der Waals surface area contributed by atoms with E-state index in [0.29, 0.717) is 5.92 Å². The van der Waals surface area contributed by atoms with E-state index in [1.165, 1.54) is 12.0 Å². The maximum Gasteiger partial charge on any atom is 0.172 e. The van der Waals surface area contributed by atoms with Gasteiger partial charge in [-0.1, -0.05) is 18.2 Å². The van der Waals surface area contributed by atoms with Crippen molar-refractivity contribution in [2.45, 2.75) is 12.8 Å². The molecule has 1 fully saturated rings. The molecule has 1 saturated heterocycles. The van der Waals surface area contributed by atoms with Crippen molar-refractivity contribution in [1.82, 2.24) is 19.7 Å². The third-order valence-electron chi connectivity index (χ3n) is 5.19. The van der Waals surface area contributed by atoms with Crippen molar-refractivity contribution < 1.29 is 0 Å². The Bertz CT molecular complexity index is 1070. The summed E-state index contributed by atoms with van der Waals surface area (Å²) in [5.41, 5.74) is 2.33. The standard InChI is InChI=1S/C21H21N5S/c1-25-13-16(12-22-25)11-15-8-9-26(14-15)21-17-5-2-3-6-18(17)23-20(24-21)19-7-4-10-27-19/h2-7,10,12-13,15H,8-9,11,14H2,1H3. The van der Waals surface area contributed by atoms with Gasteiger partial charge in [0.15, 0.2) is 5.82 Å². The zero-order valence-electron chi connectivity index (χ0n) is 15.2. The quantitative estimate of drug-likeness (QED) is 0.537. The minimum Gasteiger partial charge on any atom is -0.356 e. The highest BCUT2D eigenvalue weighted by molar-refractivity contribution is 7.13. The van der Waals surface area contributed by atoms with Gasteiger partial charge in [-0.15, -0.1) is 11.3 Å². The molecule has 0 N–H and O–H groups in total. The summed E-state index contributed by atoms with van der Waals surface area (Å²) in [5, 5.41) is 7.52. The Labute approximate surface area is 162 Å². The van der Waals surface area contributed by atoms with Crippen molar-refractivity contribution in [2.75, 3.05) is 18.0 Å². The van der Waals surface area contributed by atoms with Crippen LogP contribution < -0.4 is 4.90 Å². The number of benzene rings is 1. The topological polar surface area (TPSA) is 46.8 Å². The van der Waals surface area contributed by atoms with Crippen LogP contribution in [0.2, 0.25) is 0 Å². The molecule has 0 amide bonds. The van der Waals surface area contributed by atoms with Crippen LogP contribution in [0.5, 0.6) is 0 Å². The van der Waals surface area contributed by atoms with Gasteiger partial charge in [0.25, 0.3) is 0 Å². The van der Waals surface area contributed by atoms with Crippen LogP contribution in [0.3, 0.4) is 0 Å².